The quantitative estimate of drug-likeness (QED) is 0.553. The molecule has 1 aromatic carbocycles. The summed E-state index contributed by atoms with van der Waals surface area (Å²) in [5.74, 6) is 1.19. The maximum absolute atomic E-state index is 11.6. The number of methoxy groups -OCH3 is 2. The average Bonchev–Trinajstić information content (AvgIpc) is 2.67. The number of nitrogens with one attached hydrogen (secondary N) is 1. The lowest BCUT2D eigenvalue weighted by atomic mass is 10.2. The van der Waals surface area contributed by atoms with Crippen LogP contribution in [0.5, 0.6) is 11.5 Å². The van der Waals surface area contributed by atoms with E-state index in [1.807, 2.05) is 11.9 Å². The van der Waals surface area contributed by atoms with E-state index in [2.05, 4.69) is 20.2 Å². The lowest BCUT2D eigenvalue weighted by Crippen LogP contribution is -2.45. The molecular formula is C17H23N7O4. The van der Waals surface area contributed by atoms with Gasteiger partial charge in [-0.15, -0.1) is 0 Å². The molecule has 0 aliphatic carbocycles. The van der Waals surface area contributed by atoms with Crippen LogP contribution in [-0.2, 0) is 0 Å². The highest BCUT2D eigenvalue weighted by atomic mass is 16.6. The van der Waals surface area contributed by atoms with Crippen molar-refractivity contribution < 1.29 is 14.4 Å². The molecule has 1 fully saturated rings. The standard InChI is InChI=1S/C17H23N7O4/c1-22-6-8-23(9-7-22)17-20-15(18)14(24(25)26)16(21-17)19-12-10-11(27-2)4-5-13(12)28-3/h4-5,10H,6-9H2,1-3H3,(H3,18,19,20,21). The van der Waals surface area contributed by atoms with E-state index in [-0.39, 0.29) is 17.3 Å². The van der Waals surface area contributed by atoms with Crippen molar-refractivity contribution in [1.29, 1.82) is 0 Å². The summed E-state index contributed by atoms with van der Waals surface area (Å²) in [4.78, 5) is 23.7. The number of anilines is 4. The molecule has 28 heavy (non-hydrogen) atoms. The highest BCUT2D eigenvalue weighted by Gasteiger charge is 2.27. The Morgan fingerprint density at radius 3 is 2.50 bits per heavy atom. The van der Waals surface area contributed by atoms with E-state index in [0.29, 0.717) is 36.2 Å². The second-order valence-corrected chi connectivity index (χ2v) is 6.34. The van der Waals surface area contributed by atoms with E-state index in [1.165, 1.54) is 14.2 Å². The Bertz CT molecular complexity index is 869. The molecule has 0 atom stereocenters. The van der Waals surface area contributed by atoms with Crippen LogP contribution in [0, 0.1) is 10.1 Å². The number of likely N-dealkylation sites (N-methyl/N-ethyl adjacent to an activating group) is 1. The molecule has 3 rings (SSSR count). The van der Waals surface area contributed by atoms with Crippen molar-refractivity contribution in [2.75, 3.05) is 63.4 Å². The molecule has 11 heteroatoms. The summed E-state index contributed by atoms with van der Waals surface area (Å²) in [5, 5.41) is 14.5. The van der Waals surface area contributed by atoms with Crippen molar-refractivity contribution in [1.82, 2.24) is 14.9 Å². The molecule has 1 aliphatic heterocycles. The van der Waals surface area contributed by atoms with E-state index in [0.717, 1.165) is 13.1 Å². The van der Waals surface area contributed by atoms with Crippen molar-refractivity contribution in [2.24, 2.45) is 0 Å². The first-order valence-electron chi connectivity index (χ1n) is 8.67. The maximum Gasteiger partial charge on any atom is 0.353 e. The number of ether oxygens (including phenoxy) is 2. The molecule has 0 bridgehead atoms. The molecule has 2 heterocycles. The first-order chi connectivity index (χ1) is 13.4. The molecule has 1 aliphatic rings. The van der Waals surface area contributed by atoms with Crippen LogP contribution in [0.3, 0.4) is 0 Å². The number of aromatic nitrogens is 2. The third-order valence-corrected chi connectivity index (χ3v) is 4.53. The van der Waals surface area contributed by atoms with Gasteiger partial charge >= 0.3 is 5.69 Å². The first-order valence-corrected chi connectivity index (χ1v) is 8.67. The van der Waals surface area contributed by atoms with Crippen LogP contribution in [0.15, 0.2) is 18.2 Å². The van der Waals surface area contributed by atoms with Gasteiger partial charge in [0.2, 0.25) is 17.6 Å². The summed E-state index contributed by atoms with van der Waals surface area (Å²) in [7, 11) is 5.07. The third-order valence-electron chi connectivity index (χ3n) is 4.53. The molecule has 11 nitrogen and oxygen atoms in total. The van der Waals surface area contributed by atoms with Crippen molar-refractivity contribution in [3.8, 4) is 11.5 Å². The van der Waals surface area contributed by atoms with Crippen molar-refractivity contribution in [3.05, 3.63) is 28.3 Å². The number of rotatable bonds is 6. The molecule has 150 valence electrons. The number of piperazine rings is 1. The lowest BCUT2D eigenvalue weighted by Gasteiger charge is -2.32. The highest BCUT2D eigenvalue weighted by Crippen LogP contribution is 2.36. The van der Waals surface area contributed by atoms with Gasteiger partial charge in [-0.3, -0.25) is 10.1 Å². The molecule has 3 N–H and O–H groups in total. The molecule has 2 aromatic rings. The van der Waals surface area contributed by atoms with Crippen molar-refractivity contribution >= 4 is 29.0 Å². The van der Waals surface area contributed by atoms with E-state index in [1.54, 1.807) is 18.2 Å². The van der Waals surface area contributed by atoms with E-state index in [9.17, 15) is 10.1 Å². The Kier molecular flexibility index (Phi) is 5.64. The zero-order valence-corrected chi connectivity index (χ0v) is 16.0. The average molecular weight is 389 g/mol. The van der Waals surface area contributed by atoms with Crippen LogP contribution in [0.25, 0.3) is 0 Å². The van der Waals surface area contributed by atoms with Crippen LogP contribution in [-0.4, -0.2) is 67.2 Å². The SMILES string of the molecule is COc1ccc(OC)c(Nc2nc(N3CCN(C)CC3)nc(N)c2[N+](=O)[O-])c1. The molecule has 0 unspecified atom stereocenters. The Morgan fingerprint density at radius 1 is 1.18 bits per heavy atom. The monoisotopic (exact) mass is 389 g/mol. The van der Waals surface area contributed by atoms with Crippen LogP contribution in [0.1, 0.15) is 0 Å². The summed E-state index contributed by atoms with van der Waals surface area (Å²) in [6, 6.07) is 5.08. The Hall–Kier alpha value is -3.34. The van der Waals surface area contributed by atoms with Gasteiger partial charge in [-0.25, -0.2) is 0 Å². The van der Waals surface area contributed by atoms with Crippen molar-refractivity contribution in [2.45, 2.75) is 0 Å². The molecular weight excluding hydrogens is 366 g/mol. The fraction of sp³-hybridized carbons (Fsp3) is 0.412. The predicted molar refractivity (Wildman–Crippen MR) is 106 cm³/mol. The fourth-order valence-corrected chi connectivity index (χ4v) is 2.91. The van der Waals surface area contributed by atoms with Gasteiger partial charge in [0.05, 0.1) is 24.8 Å². The zero-order valence-electron chi connectivity index (χ0n) is 16.0. The maximum atomic E-state index is 11.6. The summed E-state index contributed by atoms with van der Waals surface area (Å²) in [5.41, 5.74) is 5.99. The van der Waals surface area contributed by atoms with Crippen LogP contribution >= 0.6 is 0 Å². The number of nitrogens with zero attached hydrogens (tertiary/aromatic N) is 5. The Balaban J connectivity index is 2.02. The minimum absolute atomic E-state index is 0.00187. The molecule has 0 saturated carbocycles. The molecule has 0 amide bonds. The number of hydrogen-bond acceptors (Lipinski definition) is 10. The Labute approximate surface area is 162 Å². The van der Waals surface area contributed by atoms with Crippen molar-refractivity contribution in [3.63, 3.8) is 0 Å². The fourth-order valence-electron chi connectivity index (χ4n) is 2.91. The number of benzene rings is 1. The predicted octanol–water partition coefficient (Wildman–Crippen LogP) is 1.48. The molecule has 0 radical (unpaired) electrons. The van der Waals surface area contributed by atoms with Gasteiger partial charge in [-0.1, -0.05) is 0 Å². The summed E-state index contributed by atoms with van der Waals surface area (Å²) < 4.78 is 10.6. The number of hydrogen-bond donors (Lipinski definition) is 2. The topological polar surface area (TPSA) is 132 Å². The first kappa shape index (κ1) is 19.4. The second kappa shape index (κ2) is 8.13. The minimum atomic E-state index is -0.599. The third kappa shape index (κ3) is 3.98. The largest absolute Gasteiger partial charge is 0.497 e. The summed E-state index contributed by atoms with van der Waals surface area (Å²) >= 11 is 0. The molecule has 1 aromatic heterocycles. The van der Waals surface area contributed by atoms with Gasteiger partial charge < -0.3 is 30.3 Å². The summed E-state index contributed by atoms with van der Waals surface area (Å²) in [6.07, 6.45) is 0. The van der Waals surface area contributed by atoms with Crippen LogP contribution in [0.2, 0.25) is 0 Å². The summed E-state index contributed by atoms with van der Waals surface area (Å²) in [6.45, 7) is 3.09. The van der Waals surface area contributed by atoms with E-state index >= 15 is 0 Å². The number of nitrogen functional groups attached to an aromatic ring is 1. The number of nitrogens with two attached hydrogens (primary N) is 1. The Morgan fingerprint density at radius 2 is 1.89 bits per heavy atom. The van der Waals surface area contributed by atoms with Gasteiger partial charge in [0.15, 0.2) is 0 Å². The number of nitro groups is 1. The van der Waals surface area contributed by atoms with Crippen LogP contribution in [0.4, 0.5) is 29.0 Å². The second-order valence-electron chi connectivity index (χ2n) is 6.34. The molecule has 1 saturated heterocycles. The van der Waals surface area contributed by atoms with Gasteiger partial charge in [0.25, 0.3) is 0 Å². The normalized spacial score (nSPS) is 14.6. The van der Waals surface area contributed by atoms with E-state index in [4.69, 9.17) is 15.2 Å². The van der Waals surface area contributed by atoms with Gasteiger partial charge in [0.1, 0.15) is 11.5 Å². The minimum Gasteiger partial charge on any atom is -0.497 e. The van der Waals surface area contributed by atoms with Gasteiger partial charge in [0, 0.05) is 32.2 Å². The molecule has 0 spiro atoms. The van der Waals surface area contributed by atoms with Gasteiger partial charge in [-0.2, -0.15) is 9.97 Å². The smallest absolute Gasteiger partial charge is 0.353 e. The van der Waals surface area contributed by atoms with Crippen LogP contribution < -0.4 is 25.4 Å². The van der Waals surface area contributed by atoms with E-state index < -0.39 is 4.92 Å². The van der Waals surface area contributed by atoms with Gasteiger partial charge in [-0.05, 0) is 19.2 Å². The zero-order chi connectivity index (χ0) is 20.3. The lowest BCUT2D eigenvalue weighted by molar-refractivity contribution is -0.383. The highest BCUT2D eigenvalue weighted by molar-refractivity contribution is 5.77.